The van der Waals surface area contributed by atoms with Crippen molar-refractivity contribution in [2.24, 2.45) is 0 Å². The lowest BCUT2D eigenvalue weighted by molar-refractivity contribution is 0.280. The number of nitrogens with one attached hydrogen (secondary N) is 1. The Morgan fingerprint density at radius 1 is 1.33 bits per heavy atom. The molecular weight excluding hydrogens is 246 g/mol. The molecule has 0 amide bonds. The molecule has 4 nitrogen and oxygen atoms in total. The Bertz CT molecular complexity index is 372. The molecule has 102 valence electrons. The van der Waals surface area contributed by atoms with Gasteiger partial charge in [-0.2, -0.15) is 16.7 Å². The van der Waals surface area contributed by atoms with E-state index >= 15 is 0 Å². The molecule has 0 bridgehead atoms. The predicted molar refractivity (Wildman–Crippen MR) is 74.6 cm³/mol. The lowest BCUT2D eigenvalue weighted by atomic mass is 10.0. The Balaban J connectivity index is 1.86. The lowest BCUT2D eigenvalue weighted by Gasteiger charge is -2.20. The van der Waals surface area contributed by atoms with E-state index in [2.05, 4.69) is 15.5 Å². The van der Waals surface area contributed by atoms with E-state index in [1.807, 2.05) is 32.7 Å². The zero-order chi connectivity index (χ0) is 13.0. The van der Waals surface area contributed by atoms with Gasteiger partial charge in [-0.05, 0) is 33.7 Å². The highest BCUT2D eigenvalue weighted by atomic mass is 32.2. The van der Waals surface area contributed by atoms with Crippen LogP contribution in [0.4, 0.5) is 0 Å². The quantitative estimate of drug-likeness (QED) is 0.890. The van der Waals surface area contributed by atoms with Gasteiger partial charge in [-0.25, -0.2) is 0 Å². The van der Waals surface area contributed by atoms with E-state index in [0.29, 0.717) is 5.89 Å². The lowest BCUT2D eigenvalue weighted by Crippen LogP contribution is -2.33. The SMILES string of the molecule is CNC(C)(C)c1nc(CSC2CCCCC2)no1. The number of thioether (sulfide) groups is 1. The molecule has 2 rings (SSSR count). The van der Waals surface area contributed by atoms with Crippen LogP contribution in [-0.2, 0) is 11.3 Å². The van der Waals surface area contributed by atoms with Gasteiger partial charge in [0.2, 0.25) is 5.89 Å². The Hall–Kier alpha value is -0.550. The van der Waals surface area contributed by atoms with Crippen LogP contribution in [0.25, 0.3) is 0 Å². The maximum absolute atomic E-state index is 5.32. The van der Waals surface area contributed by atoms with E-state index in [9.17, 15) is 0 Å². The Morgan fingerprint density at radius 3 is 2.72 bits per heavy atom. The summed E-state index contributed by atoms with van der Waals surface area (Å²) in [7, 11) is 1.90. The molecule has 1 heterocycles. The van der Waals surface area contributed by atoms with Crippen LogP contribution in [0, 0.1) is 0 Å². The van der Waals surface area contributed by atoms with Crippen LogP contribution in [0.1, 0.15) is 57.7 Å². The summed E-state index contributed by atoms with van der Waals surface area (Å²) in [5.74, 6) is 2.36. The second-order valence-corrected chi connectivity index (χ2v) is 6.75. The highest BCUT2D eigenvalue weighted by Crippen LogP contribution is 2.30. The van der Waals surface area contributed by atoms with Crippen molar-refractivity contribution in [2.75, 3.05) is 7.05 Å². The maximum Gasteiger partial charge on any atom is 0.246 e. The van der Waals surface area contributed by atoms with Crippen molar-refractivity contribution in [2.45, 2.75) is 62.5 Å². The molecule has 1 aliphatic rings. The van der Waals surface area contributed by atoms with Gasteiger partial charge in [-0.3, -0.25) is 0 Å². The van der Waals surface area contributed by atoms with Crippen LogP contribution in [0.5, 0.6) is 0 Å². The molecule has 0 unspecified atom stereocenters. The van der Waals surface area contributed by atoms with Crippen LogP contribution < -0.4 is 5.32 Å². The number of hydrogen-bond acceptors (Lipinski definition) is 5. The molecule has 0 aromatic carbocycles. The van der Waals surface area contributed by atoms with Gasteiger partial charge in [-0.15, -0.1) is 0 Å². The highest BCUT2D eigenvalue weighted by molar-refractivity contribution is 7.99. The fourth-order valence-electron chi connectivity index (χ4n) is 2.10. The molecule has 0 radical (unpaired) electrons. The predicted octanol–water partition coefficient (Wildman–Crippen LogP) is 3.09. The average molecular weight is 269 g/mol. The summed E-state index contributed by atoms with van der Waals surface area (Å²) in [6.07, 6.45) is 6.85. The van der Waals surface area contributed by atoms with Crippen molar-refractivity contribution in [3.05, 3.63) is 11.7 Å². The van der Waals surface area contributed by atoms with Gasteiger partial charge >= 0.3 is 0 Å². The van der Waals surface area contributed by atoms with Gasteiger partial charge < -0.3 is 9.84 Å². The molecule has 1 aromatic heterocycles. The molecule has 1 fully saturated rings. The third kappa shape index (κ3) is 3.48. The van der Waals surface area contributed by atoms with Crippen molar-refractivity contribution in [1.29, 1.82) is 0 Å². The number of rotatable bonds is 5. The molecule has 1 aromatic rings. The molecule has 5 heteroatoms. The van der Waals surface area contributed by atoms with Gasteiger partial charge in [0.05, 0.1) is 11.3 Å². The molecule has 1 aliphatic carbocycles. The first-order chi connectivity index (χ1) is 8.62. The van der Waals surface area contributed by atoms with E-state index in [0.717, 1.165) is 16.8 Å². The minimum Gasteiger partial charge on any atom is -0.337 e. The van der Waals surface area contributed by atoms with Crippen LogP contribution in [0.3, 0.4) is 0 Å². The van der Waals surface area contributed by atoms with Gasteiger partial charge in [0.1, 0.15) is 0 Å². The highest BCUT2D eigenvalue weighted by Gasteiger charge is 2.25. The minimum absolute atomic E-state index is 0.249. The van der Waals surface area contributed by atoms with Gasteiger partial charge in [-0.1, -0.05) is 24.4 Å². The summed E-state index contributed by atoms with van der Waals surface area (Å²) < 4.78 is 5.32. The second kappa shape index (κ2) is 6.06. The summed E-state index contributed by atoms with van der Waals surface area (Å²) in [4.78, 5) is 4.48. The molecule has 1 saturated carbocycles. The van der Waals surface area contributed by atoms with E-state index in [4.69, 9.17) is 4.52 Å². The van der Waals surface area contributed by atoms with Crippen molar-refractivity contribution in [3.63, 3.8) is 0 Å². The zero-order valence-electron chi connectivity index (χ0n) is 11.5. The van der Waals surface area contributed by atoms with Crippen molar-refractivity contribution >= 4 is 11.8 Å². The molecule has 1 N–H and O–H groups in total. The summed E-state index contributed by atoms with van der Waals surface area (Å²) in [6.45, 7) is 4.08. The minimum atomic E-state index is -0.249. The van der Waals surface area contributed by atoms with E-state index < -0.39 is 0 Å². The van der Waals surface area contributed by atoms with E-state index in [1.165, 1.54) is 32.1 Å². The smallest absolute Gasteiger partial charge is 0.246 e. The van der Waals surface area contributed by atoms with Gasteiger partial charge in [0.25, 0.3) is 0 Å². The van der Waals surface area contributed by atoms with Crippen LogP contribution in [-0.4, -0.2) is 22.4 Å². The average Bonchev–Trinajstić information content (AvgIpc) is 2.87. The normalized spacial score (nSPS) is 18.2. The summed E-state index contributed by atoms with van der Waals surface area (Å²) in [5, 5.41) is 8.03. The van der Waals surface area contributed by atoms with Crippen molar-refractivity contribution < 1.29 is 4.52 Å². The van der Waals surface area contributed by atoms with Crippen LogP contribution >= 0.6 is 11.8 Å². The molecule has 0 spiro atoms. The van der Waals surface area contributed by atoms with E-state index in [-0.39, 0.29) is 5.54 Å². The largest absolute Gasteiger partial charge is 0.337 e. The Kier molecular flexibility index (Phi) is 4.67. The molecule has 0 atom stereocenters. The van der Waals surface area contributed by atoms with Crippen molar-refractivity contribution in [3.8, 4) is 0 Å². The first kappa shape index (κ1) is 13.9. The monoisotopic (exact) mass is 269 g/mol. The summed E-state index contributed by atoms with van der Waals surface area (Å²) in [6, 6.07) is 0. The van der Waals surface area contributed by atoms with Crippen LogP contribution in [0.15, 0.2) is 4.52 Å². The Morgan fingerprint density at radius 2 is 2.06 bits per heavy atom. The third-order valence-electron chi connectivity index (χ3n) is 3.63. The van der Waals surface area contributed by atoms with E-state index in [1.54, 1.807) is 0 Å². The summed E-state index contributed by atoms with van der Waals surface area (Å²) >= 11 is 1.98. The number of nitrogens with zero attached hydrogens (tertiary/aromatic N) is 2. The number of aromatic nitrogens is 2. The summed E-state index contributed by atoms with van der Waals surface area (Å²) in [5.41, 5.74) is -0.249. The first-order valence-electron chi connectivity index (χ1n) is 6.75. The van der Waals surface area contributed by atoms with Crippen molar-refractivity contribution in [1.82, 2.24) is 15.5 Å². The third-order valence-corrected chi connectivity index (χ3v) is 5.00. The molecule has 0 saturated heterocycles. The van der Waals surface area contributed by atoms with Crippen LogP contribution in [0.2, 0.25) is 0 Å². The molecular formula is C13H23N3OS. The number of hydrogen-bond donors (Lipinski definition) is 1. The fraction of sp³-hybridized carbons (Fsp3) is 0.846. The van der Waals surface area contributed by atoms with Gasteiger partial charge in [0.15, 0.2) is 5.82 Å². The zero-order valence-corrected chi connectivity index (χ0v) is 12.3. The Labute approximate surface area is 113 Å². The maximum atomic E-state index is 5.32. The second-order valence-electron chi connectivity index (χ2n) is 5.46. The fourth-order valence-corrected chi connectivity index (χ4v) is 3.27. The molecule has 18 heavy (non-hydrogen) atoms. The topological polar surface area (TPSA) is 51.0 Å². The first-order valence-corrected chi connectivity index (χ1v) is 7.80. The molecule has 0 aliphatic heterocycles. The van der Waals surface area contributed by atoms with Gasteiger partial charge in [0, 0.05) is 5.25 Å². The standard InChI is InChI=1S/C13H23N3OS/c1-13(2,14-3)12-15-11(16-17-12)9-18-10-7-5-4-6-8-10/h10,14H,4-9H2,1-3H3.